The van der Waals surface area contributed by atoms with Gasteiger partial charge in [0.2, 0.25) is 5.89 Å². The second-order valence-corrected chi connectivity index (χ2v) is 6.12. The number of rotatable bonds is 4. The number of carbonyl (C=O) groups excluding carboxylic acids is 1. The molecule has 0 unspecified atom stereocenters. The molecule has 0 aliphatic heterocycles. The summed E-state index contributed by atoms with van der Waals surface area (Å²) in [7, 11) is 0. The van der Waals surface area contributed by atoms with Crippen molar-refractivity contribution < 1.29 is 19.2 Å². The first-order valence-corrected chi connectivity index (χ1v) is 7.97. The third-order valence-electron chi connectivity index (χ3n) is 4.39. The molecule has 126 valence electrons. The van der Waals surface area contributed by atoms with Gasteiger partial charge in [-0.3, -0.25) is 4.79 Å². The van der Waals surface area contributed by atoms with Crippen molar-refractivity contribution in [3.05, 3.63) is 47.1 Å². The van der Waals surface area contributed by atoms with E-state index in [2.05, 4.69) is 15.5 Å². The Morgan fingerprint density at radius 1 is 1.21 bits per heavy atom. The molecule has 1 heterocycles. The standard InChI is InChI=1S/C17H19N3O4/c1-11-18-16(20-24-11)17(8-3-2-4-9-17)19-14(21)12-6-5-7-13(10-12)15(22)23/h5-7,10H,2-4,8-9H2,1H3,(H,19,21)(H,22,23). The molecule has 7 nitrogen and oxygen atoms in total. The molecule has 0 bridgehead atoms. The van der Waals surface area contributed by atoms with Gasteiger partial charge in [0.25, 0.3) is 5.91 Å². The number of aromatic carboxylic acids is 1. The Bertz CT molecular complexity index is 763. The topological polar surface area (TPSA) is 105 Å². The van der Waals surface area contributed by atoms with Crippen LogP contribution in [-0.2, 0) is 5.54 Å². The molecule has 7 heteroatoms. The van der Waals surface area contributed by atoms with Crippen molar-refractivity contribution in [3.8, 4) is 0 Å². The maximum absolute atomic E-state index is 12.7. The van der Waals surface area contributed by atoms with Crippen molar-refractivity contribution in [3.63, 3.8) is 0 Å². The van der Waals surface area contributed by atoms with E-state index < -0.39 is 11.5 Å². The number of nitrogens with one attached hydrogen (secondary N) is 1. The molecule has 2 aromatic rings. The molecule has 1 saturated carbocycles. The van der Waals surface area contributed by atoms with E-state index in [4.69, 9.17) is 9.63 Å². The summed E-state index contributed by atoms with van der Waals surface area (Å²) in [5, 5.41) is 16.1. The monoisotopic (exact) mass is 329 g/mol. The summed E-state index contributed by atoms with van der Waals surface area (Å²) in [5.41, 5.74) is -0.275. The van der Waals surface area contributed by atoms with E-state index in [1.54, 1.807) is 19.1 Å². The van der Waals surface area contributed by atoms with Crippen molar-refractivity contribution in [2.75, 3.05) is 0 Å². The molecule has 1 aliphatic rings. The molecule has 0 radical (unpaired) electrons. The van der Waals surface area contributed by atoms with Crippen molar-refractivity contribution in [1.82, 2.24) is 15.5 Å². The van der Waals surface area contributed by atoms with Crippen LogP contribution in [0.4, 0.5) is 0 Å². The predicted molar refractivity (Wildman–Crippen MR) is 84.7 cm³/mol. The van der Waals surface area contributed by atoms with Crippen LogP contribution >= 0.6 is 0 Å². The smallest absolute Gasteiger partial charge is 0.335 e. The van der Waals surface area contributed by atoms with Gasteiger partial charge >= 0.3 is 5.97 Å². The van der Waals surface area contributed by atoms with Gasteiger partial charge in [0.15, 0.2) is 5.82 Å². The molecule has 2 N–H and O–H groups in total. The molecule has 1 aromatic heterocycles. The Morgan fingerprint density at radius 2 is 1.92 bits per heavy atom. The summed E-state index contributed by atoms with van der Waals surface area (Å²) < 4.78 is 5.09. The maximum atomic E-state index is 12.7. The fourth-order valence-electron chi connectivity index (χ4n) is 3.14. The van der Waals surface area contributed by atoms with Crippen LogP contribution in [0.25, 0.3) is 0 Å². The largest absolute Gasteiger partial charge is 0.478 e. The van der Waals surface area contributed by atoms with Gasteiger partial charge in [-0.05, 0) is 31.0 Å². The fraction of sp³-hybridized carbons (Fsp3) is 0.412. The molecular formula is C17H19N3O4. The Kier molecular flexibility index (Phi) is 4.33. The third-order valence-corrected chi connectivity index (χ3v) is 4.39. The normalized spacial score (nSPS) is 16.5. The summed E-state index contributed by atoms with van der Waals surface area (Å²) in [6.45, 7) is 1.71. The van der Waals surface area contributed by atoms with Crippen LogP contribution in [0.5, 0.6) is 0 Å². The predicted octanol–water partition coefficient (Wildman–Crippen LogP) is 2.67. The Hall–Kier alpha value is -2.70. The minimum atomic E-state index is -1.06. The number of carboxylic acids is 1. The molecule has 0 atom stereocenters. The van der Waals surface area contributed by atoms with Gasteiger partial charge in [0.05, 0.1) is 5.56 Å². The molecule has 0 saturated heterocycles. The van der Waals surface area contributed by atoms with E-state index in [9.17, 15) is 9.59 Å². The molecule has 0 spiro atoms. The minimum absolute atomic E-state index is 0.0794. The molecule has 24 heavy (non-hydrogen) atoms. The molecule has 1 aromatic carbocycles. The average molecular weight is 329 g/mol. The number of amides is 1. The molecule has 3 rings (SSSR count). The minimum Gasteiger partial charge on any atom is -0.478 e. The van der Waals surface area contributed by atoms with E-state index in [0.29, 0.717) is 17.3 Å². The van der Waals surface area contributed by atoms with Crippen LogP contribution in [0.3, 0.4) is 0 Å². The SMILES string of the molecule is Cc1nc(C2(NC(=O)c3cccc(C(=O)O)c3)CCCCC2)no1. The summed E-state index contributed by atoms with van der Waals surface area (Å²) in [5.74, 6) is -0.451. The number of carbonyl (C=O) groups is 2. The van der Waals surface area contributed by atoms with Gasteiger partial charge in [-0.15, -0.1) is 0 Å². The van der Waals surface area contributed by atoms with Gasteiger partial charge in [-0.25, -0.2) is 4.79 Å². The number of nitrogens with zero attached hydrogens (tertiary/aromatic N) is 2. The summed E-state index contributed by atoms with van der Waals surface area (Å²) >= 11 is 0. The van der Waals surface area contributed by atoms with Crippen LogP contribution in [0.2, 0.25) is 0 Å². The van der Waals surface area contributed by atoms with Crippen molar-refractivity contribution in [2.24, 2.45) is 0 Å². The van der Waals surface area contributed by atoms with E-state index in [-0.39, 0.29) is 11.5 Å². The first-order chi connectivity index (χ1) is 11.5. The van der Waals surface area contributed by atoms with Gasteiger partial charge in [-0.2, -0.15) is 4.98 Å². The molecule has 1 amide bonds. The second kappa shape index (κ2) is 6.43. The Morgan fingerprint density at radius 3 is 2.54 bits per heavy atom. The van der Waals surface area contributed by atoms with Crippen LogP contribution in [-0.4, -0.2) is 27.1 Å². The summed E-state index contributed by atoms with van der Waals surface area (Å²) in [6.07, 6.45) is 4.49. The highest BCUT2D eigenvalue weighted by Gasteiger charge is 2.39. The number of aromatic nitrogens is 2. The zero-order chi connectivity index (χ0) is 17.2. The van der Waals surface area contributed by atoms with Gasteiger partial charge in [-0.1, -0.05) is 30.5 Å². The lowest BCUT2D eigenvalue weighted by Crippen LogP contribution is -2.48. The Labute approximate surface area is 139 Å². The first-order valence-electron chi connectivity index (χ1n) is 7.97. The number of carboxylic acid groups (broad SMARTS) is 1. The lowest BCUT2D eigenvalue weighted by molar-refractivity contribution is 0.0697. The highest BCUT2D eigenvalue weighted by Crippen LogP contribution is 2.36. The number of hydrogen-bond donors (Lipinski definition) is 2. The average Bonchev–Trinajstić information content (AvgIpc) is 3.03. The van der Waals surface area contributed by atoms with Crippen molar-refractivity contribution >= 4 is 11.9 Å². The highest BCUT2D eigenvalue weighted by molar-refractivity contribution is 5.97. The van der Waals surface area contributed by atoms with Gasteiger partial charge in [0.1, 0.15) is 5.54 Å². The molecule has 1 aliphatic carbocycles. The fourth-order valence-corrected chi connectivity index (χ4v) is 3.14. The first kappa shape index (κ1) is 16.2. The van der Waals surface area contributed by atoms with Crippen LogP contribution in [0.15, 0.2) is 28.8 Å². The summed E-state index contributed by atoms with van der Waals surface area (Å²) in [6, 6.07) is 5.98. The molecular weight excluding hydrogens is 310 g/mol. The zero-order valence-electron chi connectivity index (χ0n) is 13.4. The second-order valence-electron chi connectivity index (χ2n) is 6.12. The van der Waals surface area contributed by atoms with Crippen LogP contribution in [0, 0.1) is 6.92 Å². The quantitative estimate of drug-likeness (QED) is 0.893. The van der Waals surface area contributed by atoms with Crippen LogP contribution in [0.1, 0.15) is 64.5 Å². The molecule has 1 fully saturated rings. The maximum Gasteiger partial charge on any atom is 0.335 e. The lowest BCUT2D eigenvalue weighted by Gasteiger charge is -2.35. The number of hydrogen-bond acceptors (Lipinski definition) is 5. The highest BCUT2D eigenvalue weighted by atomic mass is 16.5. The van der Waals surface area contributed by atoms with Gasteiger partial charge < -0.3 is 14.9 Å². The van der Waals surface area contributed by atoms with Crippen LogP contribution < -0.4 is 5.32 Å². The van der Waals surface area contributed by atoms with Crippen molar-refractivity contribution in [2.45, 2.75) is 44.6 Å². The van der Waals surface area contributed by atoms with Gasteiger partial charge in [0, 0.05) is 12.5 Å². The summed E-state index contributed by atoms with van der Waals surface area (Å²) in [4.78, 5) is 28.1. The van der Waals surface area contributed by atoms with E-state index in [1.165, 1.54) is 12.1 Å². The number of aryl methyl sites for hydroxylation is 1. The number of benzene rings is 1. The zero-order valence-corrected chi connectivity index (χ0v) is 13.4. The third kappa shape index (κ3) is 3.15. The Balaban J connectivity index is 1.89. The lowest BCUT2D eigenvalue weighted by atomic mass is 9.80. The van der Waals surface area contributed by atoms with E-state index >= 15 is 0 Å². The van der Waals surface area contributed by atoms with E-state index in [1.807, 2.05) is 0 Å². The van der Waals surface area contributed by atoms with Crippen molar-refractivity contribution in [1.29, 1.82) is 0 Å². The van der Waals surface area contributed by atoms with E-state index in [0.717, 1.165) is 32.1 Å².